The monoisotopic (exact) mass is 402 g/mol. The van der Waals surface area contributed by atoms with Crippen LogP contribution in [0.25, 0.3) is 21.5 Å². The number of rotatable bonds is 7. The third kappa shape index (κ3) is 4.07. The number of nitrogens with one attached hydrogen (secondary N) is 1. The van der Waals surface area contributed by atoms with E-state index >= 15 is 0 Å². The number of ether oxygens (including phenoxy) is 1. The molecule has 3 aromatic rings. The summed E-state index contributed by atoms with van der Waals surface area (Å²) >= 11 is 1.40. The molecule has 0 saturated heterocycles. The van der Waals surface area contributed by atoms with Crippen LogP contribution in [0.5, 0.6) is 5.75 Å². The minimum absolute atomic E-state index is 0.138. The number of hydrogen-bond acceptors (Lipinski definition) is 7. The number of amides is 1. The molecule has 2 heterocycles. The molecule has 148 valence electrons. The molecule has 0 spiro atoms. The zero-order valence-corrected chi connectivity index (χ0v) is 16.8. The second kappa shape index (κ2) is 8.53. The van der Waals surface area contributed by atoms with Crippen molar-refractivity contribution in [2.45, 2.75) is 33.3 Å². The lowest BCUT2D eigenvalue weighted by molar-refractivity contribution is -0.127. The number of fused-ring (bicyclic) bond motifs is 1. The number of carbonyl (C=O) groups is 1. The molecule has 1 aromatic carbocycles. The van der Waals surface area contributed by atoms with E-state index in [1.54, 1.807) is 19.1 Å². The Balaban J connectivity index is 1.98. The van der Waals surface area contributed by atoms with Crippen molar-refractivity contribution >= 4 is 28.2 Å². The van der Waals surface area contributed by atoms with Crippen molar-refractivity contribution in [2.24, 2.45) is 0 Å². The van der Waals surface area contributed by atoms with Gasteiger partial charge in [0.05, 0.1) is 17.6 Å². The zero-order valence-electron chi connectivity index (χ0n) is 15.9. The largest absolute Gasteiger partial charge is 0.480 e. The maximum atomic E-state index is 12.9. The molecule has 0 radical (unpaired) electrons. The fraction of sp³-hybridized carbons (Fsp3) is 0.350. The maximum absolute atomic E-state index is 12.9. The van der Waals surface area contributed by atoms with Crippen molar-refractivity contribution in [1.82, 2.24) is 10.3 Å². The first-order valence-electron chi connectivity index (χ1n) is 9.00. The van der Waals surface area contributed by atoms with Crippen LogP contribution in [0.4, 0.5) is 0 Å². The number of aromatic nitrogens is 1. The van der Waals surface area contributed by atoms with Crippen LogP contribution in [0.1, 0.15) is 25.1 Å². The summed E-state index contributed by atoms with van der Waals surface area (Å²) < 4.78 is 11.5. The van der Waals surface area contributed by atoms with Gasteiger partial charge in [-0.25, -0.2) is 4.98 Å². The summed E-state index contributed by atoms with van der Waals surface area (Å²) in [5.74, 6) is 0.162. The molecular weight excluding hydrogens is 380 g/mol. The van der Waals surface area contributed by atoms with E-state index < -0.39 is 6.10 Å². The van der Waals surface area contributed by atoms with Crippen LogP contribution >= 0.6 is 11.3 Å². The number of benzene rings is 1. The van der Waals surface area contributed by atoms with E-state index in [0.717, 1.165) is 11.3 Å². The van der Waals surface area contributed by atoms with Gasteiger partial charge in [0.2, 0.25) is 5.43 Å². The molecule has 1 amide bonds. The predicted octanol–water partition coefficient (Wildman–Crippen LogP) is 2.66. The minimum atomic E-state index is -0.751. The van der Waals surface area contributed by atoms with Gasteiger partial charge in [-0.05, 0) is 31.9 Å². The average Bonchev–Trinajstić information content (AvgIpc) is 3.11. The third-order valence-corrected chi connectivity index (χ3v) is 5.26. The number of nitrogens with zero attached hydrogens (tertiary/aromatic N) is 1. The molecule has 0 bridgehead atoms. The number of carbonyl (C=O) groups excluding carboxylic acids is 1. The highest BCUT2D eigenvalue weighted by Crippen LogP contribution is 2.29. The maximum Gasteiger partial charge on any atom is 0.260 e. The number of aryl methyl sites for hydroxylation is 2. The van der Waals surface area contributed by atoms with Crippen LogP contribution in [0.15, 0.2) is 33.0 Å². The first-order chi connectivity index (χ1) is 13.4. The first-order valence-corrected chi connectivity index (χ1v) is 9.88. The Kier molecular flexibility index (Phi) is 6.11. The summed E-state index contributed by atoms with van der Waals surface area (Å²) in [7, 11) is 0. The van der Waals surface area contributed by atoms with Gasteiger partial charge >= 0.3 is 0 Å². The average molecular weight is 402 g/mol. The van der Waals surface area contributed by atoms with E-state index in [1.807, 2.05) is 19.2 Å². The van der Waals surface area contributed by atoms with Crippen molar-refractivity contribution in [2.75, 3.05) is 13.2 Å². The Morgan fingerprint density at radius 1 is 1.43 bits per heavy atom. The Labute approximate surface area is 166 Å². The second-order valence-electron chi connectivity index (χ2n) is 6.36. The number of aliphatic hydroxyl groups is 1. The van der Waals surface area contributed by atoms with Crippen LogP contribution in [-0.2, 0) is 11.2 Å². The Bertz CT molecular complexity index is 1060. The number of hydrogen-bond donors (Lipinski definition) is 2. The molecule has 0 aliphatic carbocycles. The van der Waals surface area contributed by atoms with Crippen molar-refractivity contribution in [3.05, 3.63) is 45.3 Å². The third-order valence-electron chi connectivity index (χ3n) is 4.27. The van der Waals surface area contributed by atoms with Gasteiger partial charge in [-0.2, -0.15) is 0 Å². The Hall–Kier alpha value is -2.71. The molecular formula is C20H22N2O5S. The SMILES string of the molecule is CCc1cc2c(=O)c(-c3nc(C)cs3)coc2cc1O[C@H](C)C(=O)NCCO. The normalized spacial score (nSPS) is 12.1. The van der Waals surface area contributed by atoms with Gasteiger partial charge in [0.15, 0.2) is 6.10 Å². The smallest absolute Gasteiger partial charge is 0.260 e. The number of thiazole rings is 1. The van der Waals surface area contributed by atoms with Crippen molar-refractivity contribution in [3.63, 3.8) is 0 Å². The summed E-state index contributed by atoms with van der Waals surface area (Å²) in [6.07, 6.45) is 1.28. The minimum Gasteiger partial charge on any atom is -0.480 e. The molecule has 2 aromatic heterocycles. The number of aliphatic hydroxyl groups excluding tert-OH is 1. The van der Waals surface area contributed by atoms with E-state index in [9.17, 15) is 9.59 Å². The lowest BCUT2D eigenvalue weighted by Crippen LogP contribution is -2.37. The highest BCUT2D eigenvalue weighted by atomic mass is 32.1. The van der Waals surface area contributed by atoms with Gasteiger partial charge < -0.3 is 19.6 Å². The van der Waals surface area contributed by atoms with E-state index in [1.165, 1.54) is 17.6 Å². The second-order valence-corrected chi connectivity index (χ2v) is 7.22. The van der Waals surface area contributed by atoms with Crippen LogP contribution in [0.3, 0.4) is 0 Å². The summed E-state index contributed by atoms with van der Waals surface area (Å²) in [4.78, 5) is 29.3. The fourth-order valence-electron chi connectivity index (χ4n) is 2.78. The molecule has 0 aliphatic rings. The van der Waals surface area contributed by atoms with Crippen molar-refractivity contribution in [3.8, 4) is 16.3 Å². The lowest BCUT2D eigenvalue weighted by atomic mass is 10.1. The van der Waals surface area contributed by atoms with E-state index in [2.05, 4.69) is 10.3 Å². The van der Waals surface area contributed by atoms with Gasteiger partial charge in [-0.1, -0.05) is 6.92 Å². The zero-order chi connectivity index (χ0) is 20.3. The molecule has 1 atom stereocenters. The van der Waals surface area contributed by atoms with Gasteiger partial charge in [-0.3, -0.25) is 9.59 Å². The molecule has 0 aliphatic heterocycles. The van der Waals surface area contributed by atoms with Gasteiger partial charge in [-0.15, -0.1) is 11.3 Å². The molecule has 2 N–H and O–H groups in total. The predicted molar refractivity (Wildman–Crippen MR) is 108 cm³/mol. The first kappa shape index (κ1) is 20.0. The van der Waals surface area contributed by atoms with Crippen LogP contribution < -0.4 is 15.5 Å². The molecule has 0 fully saturated rings. The lowest BCUT2D eigenvalue weighted by Gasteiger charge is -2.17. The van der Waals surface area contributed by atoms with E-state index in [-0.39, 0.29) is 24.5 Å². The summed E-state index contributed by atoms with van der Waals surface area (Å²) in [6, 6.07) is 3.39. The van der Waals surface area contributed by atoms with Crippen molar-refractivity contribution in [1.29, 1.82) is 0 Å². The van der Waals surface area contributed by atoms with Gasteiger partial charge in [0, 0.05) is 23.7 Å². The van der Waals surface area contributed by atoms with Crippen molar-refractivity contribution < 1.29 is 19.1 Å². The molecule has 0 unspecified atom stereocenters. The topological polar surface area (TPSA) is 102 Å². The molecule has 7 nitrogen and oxygen atoms in total. The van der Waals surface area contributed by atoms with Gasteiger partial charge in [0.25, 0.3) is 5.91 Å². The van der Waals surface area contributed by atoms with E-state index in [0.29, 0.717) is 33.7 Å². The van der Waals surface area contributed by atoms with Crippen LogP contribution in [-0.4, -0.2) is 35.3 Å². The highest BCUT2D eigenvalue weighted by molar-refractivity contribution is 7.13. The van der Waals surface area contributed by atoms with Gasteiger partial charge in [0.1, 0.15) is 22.6 Å². The summed E-state index contributed by atoms with van der Waals surface area (Å²) in [6.45, 7) is 5.47. The Morgan fingerprint density at radius 3 is 2.86 bits per heavy atom. The highest BCUT2D eigenvalue weighted by Gasteiger charge is 2.19. The van der Waals surface area contributed by atoms with Crippen LogP contribution in [0.2, 0.25) is 0 Å². The molecule has 8 heteroatoms. The summed E-state index contributed by atoms with van der Waals surface area (Å²) in [5.41, 5.74) is 2.32. The van der Waals surface area contributed by atoms with E-state index in [4.69, 9.17) is 14.3 Å². The molecule has 3 rings (SSSR count). The fourth-order valence-corrected chi connectivity index (χ4v) is 3.58. The quantitative estimate of drug-likeness (QED) is 0.630. The molecule has 0 saturated carbocycles. The van der Waals surface area contributed by atoms with Crippen LogP contribution in [0, 0.1) is 6.92 Å². The standard InChI is InChI=1S/C20H22N2O5S/c1-4-13-7-14-17(8-16(13)27-12(3)19(25)21-5-6-23)26-9-15(18(14)24)20-22-11(2)10-28-20/h7-10,12,23H,4-6H2,1-3H3,(H,21,25)/t12-/m1/s1. The molecule has 28 heavy (non-hydrogen) atoms. The summed E-state index contributed by atoms with van der Waals surface area (Å²) in [5, 5.41) is 14.4. The Morgan fingerprint density at radius 2 is 2.21 bits per heavy atom.